The van der Waals surface area contributed by atoms with Crippen LogP contribution in [0.25, 0.3) is 0 Å². The van der Waals surface area contributed by atoms with E-state index in [2.05, 4.69) is 22.4 Å². The second-order valence-electron chi connectivity index (χ2n) is 8.73. The predicted octanol–water partition coefficient (Wildman–Crippen LogP) is 5.90. The summed E-state index contributed by atoms with van der Waals surface area (Å²) in [7, 11) is 0. The number of thioether (sulfide) groups is 1. The fraction of sp³-hybridized carbons (Fsp3) is 0.640. The number of carbonyl (C=O) groups is 1. The van der Waals surface area contributed by atoms with Gasteiger partial charge in [-0.25, -0.2) is 4.39 Å². The summed E-state index contributed by atoms with van der Waals surface area (Å²) in [4.78, 5) is 12.6. The molecule has 1 aliphatic carbocycles. The summed E-state index contributed by atoms with van der Waals surface area (Å²) in [5.74, 6) is 0.823. The van der Waals surface area contributed by atoms with Crippen molar-refractivity contribution in [1.82, 2.24) is 20.1 Å². The van der Waals surface area contributed by atoms with Crippen LogP contribution in [0.2, 0.25) is 0 Å². The van der Waals surface area contributed by atoms with E-state index in [0.29, 0.717) is 16.7 Å². The molecule has 1 aliphatic rings. The average molecular weight is 477 g/mol. The molecule has 0 atom stereocenters. The lowest BCUT2D eigenvalue weighted by Crippen LogP contribution is -2.36. The van der Waals surface area contributed by atoms with E-state index in [1.807, 2.05) is 4.57 Å². The first-order chi connectivity index (χ1) is 16.2. The topological polar surface area (TPSA) is 69.0 Å². The Hall–Kier alpha value is -2.09. The summed E-state index contributed by atoms with van der Waals surface area (Å²) in [6.45, 7) is 3.08. The van der Waals surface area contributed by atoms with Gasteiger partial charge in [0.25, 0.3) is 0 Å². The lowest BCUT2D eigenvalue weighted by Gasteiger charge is -2.20. The fourth-order valence-corrected chi connectivity index (χ4v) is 4.95. The summed E-state index contributed by atoms with van der Waals surface area (Å²) < 4.78 is 21.6. The SMILES string of the molecule is CCCCCCn1c(COc2ccccc2F)nnc1SCC(=O)NC1CCCCCCC1. The number of hydrogen-bond donors (Lipinski definition) is 1. The van der Waals surface area contributed by atoms with Gasteiger partial charge in [0.15, 0.2) is 22.5 Å². The number of halogens is 1. The number of unbranched alkanes of at least 4 members (excludes halogenated alkanes) is 3. The molecule has 33 heavy (non-hydrogen) atoms. The third-order valence-electron chi connectivity index (χ3n) is 6.02. The van der Waals surface area contributed by atoms with Gasteiger partial charge in [-0.05, 0) is 31.4 Å². The molecule has 0 bridgehead atoms. The minimum Gasteiger partial charge on any atom is -0.483 e. The Balaban J connectivity index is 1.58. The zero-order valence-corrected chi connectivity index (χ0v) is 20.5. The molecule has 1 fully saturated rings. The van der Waals surface area contributed by atoms with Gasteiger partial charge in [0.05, 0.1) is 5.75 Å². The van der Waals surface area contributed by atoms with Crippen LogP contribution in [0.15, 0.2) is 29.4 Å². The van der Waals surface area contributed by atoms with Gasteiger partial charge < -0.3 is 14.6 Å². The summed E-state index contributed by atoms with van der Waals surface area (Å²) in [6, 6.07) is 6.64. The van der Waals surface area contributed by atoms with Crippen molar-refractivity contribution in [2.24, 2.45) is 0 Å². The second kappa shape index (κ2) is 14.2. The summed E-state index contributed by atoms with van der Waals surface area (Å²) in [6.07, 6.45) is 12.8. The highest BCUT2D eigenvalue weighted by Crippen LogP contribution is 2.22. The molecule has 0 spiro atoms. The van der Waals surface area contributed by atoms with E-state index in [1.54, 1.807) is 18.2 Å². The Morgan fingerprint density at radius 3 is 2.64 bits per heavy atom. The van der Waals surface area contributed by atoms with Crippen LogP contribution in [0.3, 0.4) is 0 Å². The molecule has 2 aromatic rings. The van der Waals surface area contributed by atoms with E-state index in [9.17, 15) is 9.18 Å². The number of ether oxygens (including phenoxy) is 1. The van der Waals surface area contributed by atoms with Crippen molar-refractivity contribution in [1.29, 1.82) is 0 Å². The molecule has 6 nitrogen and oxygen atoms in total. The third-order valence-corrected chi connectivity index (χ3v) is 6.99. The van der Waals surface area contributed by atoms with Crippen molar-refractivity contribution in [3.63, 3.8) is 0 Å². The number of nitrogens with zero attached hydrogens (tertiary/aromatic N) is 3. The van der Waals surface area contributed by atoms with Crippen molar-refractivity contribution < 1.29 is 13.9 Å². The molecule has 0 saturated heterocycles. The highest BCUT2D eigenvalue weighted by atomic mass is 32.2. The van der Waals surface area contributed by atoms with Gasteiger partial charge in [0, 0.05) is 12.6 Å². The Kier molecular flexibility index (Phi) is 11.0. The highest BCUT2D eigenvalue weighted by molar-refractivity contribution is 7.99. The van der Waals surface area contributed by atoms with E-state index >= 15 is 0 Å². The molecular weight excluding hydrogens is 439 g/mol. The van der Waals surface area contributed by atoms with Gasteiger partial charge in [-0.15, -0.1) is 10.2 Å². The molecule has 1 aromatic heterocycles. The highest BCUT2D eigenvalue weighted by Gasteiger charge is 2.18. The minimum absolute atomic E-state index is 0.0512. The molecule has 1 saturated carbocycles. The molecular formula is C25H37FN4O2S. The number of aromatic nitrogens is 3. The summed E-state index contributed by atoms with van der Waals surface area (Å²) in [5, 5.41) is 12.5. The number of hydrogen-bond acceptors (Lipinski definition) is 5. The summed E-state index contributed by atoms with van der Waals surface area (Å²) >= 11 is 1.41. The van der Waals surface area contributed by atoms with Crippen molar-refractivity contribution >= 4 is 17.7 Å². The number of amides is 1. The number of benzene rings is 1. The molecule has 0 radical (unpaired) electrons. The first-order valence-electron chi connectivity index (χ1n) is 12.4. The molecule has 1 heterocycles. The molecule has 0 aliphatic heterocycles. The maximum atomic E-state index is 13.9. The van der Waals surface area contributed by atoms with Gasteiger partial charge in [0.2, 0.25) is 5.91 Å². The predicted molar refractivity (Wildman–Crippen MR) is 130 cm³/mol. The van der Waals surface area contributed by atoms with Gasteiger partial charge in [0.1, 0.15) is 6.61 Å². The Bertz CT molecular complexity index is 853. The lowest BCUT2D eigenvalue weighted by molar-refractivity contribution is -0.119. The van der Waals surface area contributed by atoms with Crippen LogP contribution in [-0.4, -0.2) is 32.5 Å². The molecule has 1 amide bonds. The zero-order chi connectivity index (χ0) is 23.3. The standard InChI is InChI=1S/C25H37FN4O2S/c1-2-3-4-12-17-30-23(18-32-22-16-11-10-15-21(22)26)28-29-25(30)33-19-24(31)27-20-13-8-6-5-7-9-14-20/h10-11,15-16,20H,2-9,12-14,17-19H2,1H3,(H,27,31). The van der Waals surface area contributed by atoms with Crippen molar-refractivity contribution in [2.75, 3.05) is 5.75 Å². The third kappa shape index (κ3) is 8.65. The van der Waals surface area contributed by atoms with E-state index in [4.69, 9.17) is 4.74 Å². The van der Waals surface area contributed by atoms with Gasteiger partial charge in [-0.1, -0.05) is 82.2 Å². The zero-order valence-electron chi connectivity index (χ0n) is 19.7. The van der Waals surface area contributed by atoms with Crippen LogP contribution >= 0.6 is 11.8 Å². The Morgan fingerprint density at radius 1 is 1.12 bits per heavy atom. The summed E-state index contributed by atoms with van der Waals surface area (Å²) in [5.41, 5.74) is 0. The second-order valence-corrected chi connectivity index (χ2v) is 9.67. The van der Waals surface area contributed by atoms with Gasteiger partial charge >= 0.3 is 0 Å². The Morgan fingerprint density at radius 2 is 1.88 bits per heavy atom. The Labute approximate surface area is 201 Å². The molecule has 0 unspecified atom stereocenters. The number of rotatable bonds is 12. The normalized spacial score (nSPS) is 15.1. The van der Waals surface area contributed by atoms with E-state index in [0.717, 1.165) is 38.6 Å². The fourth-order valence-electron chi connectivity index (χ4n) is 4.16. The molecule has 8 heteroatoms. The number of nitrogens with one attached hydrogen (secondary N) is 1. The van der Waals surface area contributed by atoms with Crippen molar-refractivity contribution in [3.05, 3.63) is 35.9 Å². The molecule has 1 aromatic carbocycles. The van der Waals surface area contributed by atoms with Crippen LogP contribution in [-0.2, 0) is 17.9 Å². The van der Waals surface area contributed by atoms with E-state index in [-0.39, 0.29) is 24.3 Å². The van der Waals surface area contributed by atoms with Crippen LogP contribution in [0.1, 0.15) is 83.4 Å². The van der Waals surface area contributed by atoms with E-state index < -0.39 is 5.82 Å². The first-order valence-corrected chi connectivity index (χ1v) is 13.4. The molecule has 182 valence electrons. The smallest absolute Gasteiger partial charge is 0.230 e. The largest absolute Gasteiger partial charge is 0.483 e. The van der Waals surface area contributed by atoms with E-state index in [1.165, 1.54) is 56.4 Å². The van der Waals surface area contributed by atoms with Crippen molar-refractivity contribution in [3.8, 4) is 5.75 Å². The minimum atomic E-state index is -0.396. The first kappa shape index (κ1) is 25.5. The van der Waals surface area contributed by atoms with Crippen LogP contribution in [0.4, 0.5) is 4.39 Å². The molecule has 3 rings (SSSR count). The maximum Gasteiger partial charge on any atom is 0.230 e. The van der Waals surface area contributed by atoms with Gasteiger partial charge in [-0.3, -0.25) is 4.79 Å². The van der Waals surface area contributed by atoms with Gasteiger partial charge in [-0.2, -0.15) is 0 Å². The average Bonchev–Trinajstić information content (AvgIpc) is 3.18. The monoisotopic (exact) mass is 476 g/mol. The van der Waals surface area contributed by atoms with Crippen LogP contribution in [0, 0.1) is 5.82 Å². The number of para-hydroxylation sites is 1. The molecule has 1 N–H and O–H groups in total. The maximum absolute atomic E-state index is 13.9. The van der Waals surface area contributed by atoms with Crippen molar-refractivity contribution in [2.45, 2.75) is 102 Å². The number of carbonyl (C=O) groups excluding carboxylic acids is 1. The lowest BCUT2D eigenvalue weighted by atomic mass is 9.97. The quantitative estimate of drug-likeness (QED) is 0.305. The van der Waals surface area contributed by atoms with Crippen LogP contribution in [0.5, 0.6) is 5.75 Å². The van der Waals surface area contributed by atoms with Crippen LogP contribution < -0.4 is 10.1 Å².